The first-order chi connectivity index (χ1) is 13.9. The van der Waals surface area contributed by atoms with Gasteiger partial charge in [-0.15, -0.1) is 11.3 Å². The van der Waals surface area contributed by atoms with Crippen molar-refractivity contribution in [1.82, 2.24) is 25.2 Å². The van der Waals surface area contributed by atoms with E-state index >= 15 is 0 Å². The van der Waals surface area contributed by atoms with Gasteiger partial charge < -0.3 is 10.2 Å². The molecule has 0 spiro atoms. The highest BCUT2D eigenvalue weighted by atomic mass is 32.1. The summed E-state index contributed by atoms with van der Waals surface area (Å²) in [5.74, 6) is 0.265. The van der Waals surface area contributed by atoms with Gasteiger partial charge in [-0.25, -0.2) is 9.61 Å². The highest BCUT2D eigenvalue weighted by molar-refractivity contribution is 7.15. The maximum atomic E-state index is 12.6. The van der Waals surface area contributed by atoms with Gasteiger partial charge in [-0.2, -0.15) is 0 Å². The number of aryl methyl sites for hydroxylation is 4. The fourth-order valence-corrected chi connectivity index (χ4v) is 4.35. The third kappa shape index (κ3) is 4.29. The first-order valence-corrected chi connectivity index (χ1v) is 10.5. The Kier molecular flexibility index (Phi) is 5.31. The summed E-state index contributed by atoms with van der Waals surface area (Å²) in [5.41, 5.74) is 5.25. The minimum absolute atomic E-state index is 0.0473. The molecule has 1 N–H and O–H groups in total. The monoisotopic (exact) mass is 412 g/mol. The van der Waals surface area contributed by atoms with Crippen molar-refractivity contribution in [2.24, 2.45) is 0 Å². The average molecular weight is 413 g/mol. The SMILES string of the molecule is Cc1cc(Nc2nc(C)c(C)s2)cc(C2CCN(C(=O)Cc3nonc3C)C2)n1. The van der Waals surface area contributed by atoms with E-state index in [0.717, 1.165) is 40.9 Å². The lowest BCUT2D eigenvalue weighted by atomic mass is 10.0. The zero-order valence-electron chi connectivity index (χ0n) is 17.0. The van der Waals surface area contributed by atoms with Gasteiger partial charge in [-0.3, -0.25) is 9.78 Å². The van der Waals surface area contributed by atoms with Crippen LogP contribution in [0, 0.1) is 27.7 Å². The summed E-state index contributed by atoms with van der Waals surface area (Å²) in [7, 11) is 0. The number of rotatable bonds is 5. The molecule has 1 saturated heterocycles. The van der Waals surface area contributed by atoms with E-state index in [1.54, 1.807) is 18.3 Å². The number of nitrogens with one attached hydrogen (secondary N) is 1. The number of carbonyl (C=O) groups excluding carboxylic acids is 1. The van der Waals surface area contributed by atoms with Crippen LogP contribution in [-0.2, 0) is 11.2 Å². The van der Waals surface area contributed by atoms with Crippen LogP contribution in [0.4, 0.5) is 10.8 Å². The molecule has 0 saturated carbocycles. The lowest BCUT2D eigenvalue weighted by Crippen LogP contribution is -2.30. The van der Waals surface area contributed by atoms with Crippen LogP contribution < -0.4 is 5.32 Å². The quantitative estimate of drug-likeness (QED) is 0.685. The van der Waals surface area contributed by atoms with E-state index in [-0.39, 0.29) is 18.2 Å². The Hall–Kier alpha value is -2.81. The van der Waals surface area contributed by atoms with Gasteiger partial charge in [0, 0.05) is 41.0 Å². The summed E-state index contributed by atoms with van der Waals surface area (Å²) in [6.07, 6.45) is 1.12. The molecule has 0 radical (unpaired) electrons. The smallest absolute Gasteiger partial charge is 0.228 e. The van der Waals surface area contributed by atoms with Crippen molar-refractivity contribution >= 4 is 28.1 Å². The fraction of sp³-hybridized carbons (Fsp3) is 0.450. The largest absolute Gasteiger partial charge is 0.342 e. The number of likely N-dealkylation sites (tertiary alicyclic amines) is 1. The van der Waals surface area contributed by atoms with Crippen LogP contribution in [0.2, 0.25) is 0 Å². The Bertz CT molecular complexity index is 1020. The fourth-order valence-electron chi connectivity index (χ4n) is 3.52. The molecule has 4 rings (SSSR count). The van der Waals surface area contributed by atoms with Crippen LogP contribution in [0.15, 0.2) is 16.8 Å². The first-order valence-electron chi connectivity index (χ1n) is 9.64. The normalized spacial score (nSPS) is 16.4. The molecule has 9 heteroatoms. The van der Waals surface area contributed by atoms with Crippen LogP contribution in [0.3, 0.4) is 0 Å². The Morgan fingerprint density at radius 3 is 2.72 bits per heavy atom. The molecule has 4 heterocycles. The van der Waals surface area contributed by atoms with Crippen molar-refractivity contribution in [3.8, 4) is 0 Å². The van der Waals surface area contributed by atoms with Gasteiger partial charge in [-0.05, 0) is 46.2 Å². The summed E-state index contributed by atoms with van der Waals surface area (Å²) in [6.45, 7) is 9.25. The van der Waals surface area contributed by atoms with Gasteiger partial charge in [-0.1, -0.05) is 10.3 Å². The zero-order chi connectivity index (χ0) is 20.5. The third-order valence-corrected chi connectivity index (χ3v) is 6.27. The number of thiazole rings is 1. The Morgan fingerprint density at radius 2 is 2.03 bits per heavy atom. The molecule has 1 aliphatic rings. The van der Waals surface area contributed by atoms with Crippen LogP contribution in [0.25, 0.3) is 0 Å². The van der Waals surface area contributed by atoms with Gasteiger partial charge in [0.1, 0.15) is 11.4 Å². The lowest BCUT2D eigenvalue weighted by molar-refractivity contribution is -0.129. The number of aromatic nitrogens is 4. The molecule has 1 atom stereocenters. The summed E-state index contributed by atoms with van der Waals surface area (Å²) in [5, 5.41) is 11.8. The molecule has 1 aliphatic heterocycles. The molecule has 0 bridgehead atoms. The molecule has 1 amide bonds. The topological polar surface area (TPSA) is 97.0 Å². The Balaban J connectivity index is 1.45. The van der Waals surface area contributed by atoms with E-state index in [2.05, 4.69) is 33.6 Å². The number of anilines is 2. The Morgan fingerprint density at radius 1 is 1.21 bits per heavy atom. The number of carbonyl (C=O) groups is 1. The summed E-state index contributed by atoms with van der Waals surface area (Å²) >= 11 is 1.65. The second-order valence-electron chi connectivity index (χ2n) is 7.51. The van der Waals surface area contributed by atoms with Crippen molar-refractivity contribution in [1.29, 1.82) is 0 Å². The van der Waals surface area contributed by atoms with E-state index in [0.29, 0.717) is 17.9 Å². The first kappa shape index (κ1) is 19.5. The number of amides is 1. The van der Waals surface area contributed by atoms with Crippen LogP contribution in [-0.4, -0.2) is 44.2 Å². The number of pyridine rings is 1. The average Bonchev–Trinajstić information content (AvgIpc) is 3.37. The van der Waals surface area contributed by atoms with Crippen LogP contribution >= 0.6 is 11.3 Å². The highest BCUT2D eigenvalue weighted by Gasteiger charge is 2.29. The van der Waals surface area contributed by atoms with Gasteiger partial charge in [0.2, 0.25) is 5.91 Å². The number of hydrogen-bond acceptors (Lipinski definition) is 8. The molecular formula is C20H24N6O2S. The van der Waals surface area contributed by atoms with Gasteiger partial charge >= 0.3 is 0 Å². The van der Waals surface area contributed by atoms with E-state index in [4.69, 9.17) is 9.61 Å². The lowest BCUT2D eigenvalue weighted by Gasteiger charge is -2.16. The Labute approximate surface area is 173 Å². The molecule has 8 nitrogen and oxygen atoms in total. The van der Waals surface area contributed by atoms with Crippen molar-refractivity contribution < 1.29 is 9.42 Å². The third-order valence-electron chi connectivity index (χ3n) is 5.28. The van der Waals surface area contributed by atoms with E-state index < -0.39 is 0 Å². The van der Waals surface area contributed by atoms with E-state index in [1.807, 2.05) is 24.8 Å². The number of nitrogens with zero attached hydrogens (tertiary/aromatic N) is 5. The zero-order valence-corrected chi connectivity index (χ0v) is 17.8. The second-order valence-corrected chi connectivity index (χ2v) is 8.71. The standard InChI is InChI=1S/C20H24N6O2S/c1-11-7-16(23-20-22-12(2)14(4)29-20)8-18(21-11)15-5-6-26(10-15)19(27)9-17-13(3)24-28-25-17/h7-8,15H,5-6,9-10H2,1-4H3,(H,21,22,23). The van der Waals surface area contributed by atoms with Crippen molar-refractivity contribution in [2.75, 3.05) is 18.4 Å². The van der Waals surface area contributed by atoms with Crippen LogP contribution in [0.5, 0.6) is 0 Å². The highest BCUT2D eigenvalue weighted by Crippen LogP contribution is 2.30. The van der Waals surface area contributed by atoms with Crippen molar-refractivity contribution in [3.63, 3.8) is 0 Å². The molecule has 0 aromatic carbocycles. The number of hydrogen-bond donors (Lipinski definition) is 1. The summed E-state index contributed by atoms with van der Waals surface area (Å²) in [6, 6.07) is 4.09. The maximum Gasteiger partial charge on any atom is 0.228 e. The van der Waals surface area contributed by atoms with Crippen LogP contribution in [0.1, 0.15) is 45.7 Å². The summed E-state index contributed by atoms with van der Waals surface area (Å²) < 4.78 is 4.69. The maximum absolute atomic E-state index is 12.6. The predicted octanol–water partition coefficient (Wildman–Crippen LogP) is 3.46. The molecule has 1 fully saturated rings. The second kappa shape index (κ2) is 7.90. The molecule has 3 aromatic rings. The van der Waals surface area contributed by atoms with Gasteiger partial charge in [0.05, 0.1) is 12.1 Å². The van der Waals surface area contributed by atoms with Gasteiger partial charge in [0.25, 0.3) is 0 Å². The molecule has 1 unspecified atom stereocenters. The van der Waals surface area contributed by atoms with E-state index in [1.165, 1.54) is 4.88 Å². The predicted molar refractivity (Wildman–Crippen MR) is 111 cm³/mol. The van der Waals surface area contributed by atoms with E-state index in [9.17, 15) is 4.79 Å². The van der Waals surface area contributed by atoms with Crippen molar-refractivity contribution in [2.45, 2.75) is 46.5 Å². The minimum atomic E-state index is 0.0473. The van der Waals surface area contributed by atoms with Crippen molar-refractivity contribution in [3.05, 3.63) is 45.5 Å². The van der Waals surface area contributed by atoms with Gasteiger partial charge in [0.15, 0.2) is 5.13 Å². The molecule has 0 aliphatic carbocycles. The minimum Gasteiger partial charge on any atom is -0.342 e. The summed E-state index contributed by atoms with van der Waals surface area (Å²) in [4.78, 5) is 25.0. The molecule has 29 heavy (non-hydrogen) atoms. The molecular weight excluding hydrogens is 388 g/mol. The molecule has 152 valence electrons. The molecule has 3 aromatic heterocycles.